The highest BCUT2D eigenvalue weighted by Crippen LogP contribution is 2.28. The van der Waals surface area contributed by atoms with Crippen molar-refractivity contribution < 1.29 is 33.9 Å². The minimum absolute atomic E-state index is 0.00503. The van der Waals surface area contributed by atoms with Crippen molar-refractivity contribution in [1.29, 1.82) is 0 Å². The maximum absolute atomic E-state index is 14.0. The first kappa shape index (κ1) is 36.9. The first-order chi connectivity index (χ1) is 24.7. The van der Waals surface area contributed by atoms with E-state index in [0.717, 1.165) is 62.3 Å². The average Bonchev–Trinajstić information content (AvgIpc) is 3.31. The fraction of sp³-hybridized carbons (Fsp3) is 0.556. The number of likely N-dealkylation sites (tertiary alicyclic amines) is 2. The van der Waals surface area contributed by atoms with Gasteiger partial charge in [-0.3, -0.25) is 24.2 Å². The molecule has 4 heterocycles. The third-order valence-corrected chi connectivity index (χ3v) is 11.2. The highest BCUT2D eigenvalue weighted by atomic mass is 79.9. The number of anilines is 1. The number of piperidine rings is 2. The molecule has 2 aromatic rings. The van der Waals surface area contributed by atoms with Crippen LogP contribution >= 0.6 is 15.9 Å². The molecular formula is C36H48BrN7O7. The van der Waals surface area contributed by atoms with E-state index in [1.165, 1.54) is 7.11 Å². The monoisotopic (exact) mass is 769 g/mol. The molecule has 0 aromatic heterocycles. The van der Waals surface area contributed by atoms with Crippen LogP contribution in [0.1, 0.15) is 36.8 Å². The number of phenols is 1. The zero-order valence-corrected chi connectivity index (χ0v) is 30.7. The number of urea groups is 1. The molecule has 5 amide bonds. The minimum atomic E-state index is -1.03. The van der Waals surface area contributed by atoms with E-state index in [2.05, 4.69) is 36.5 Å². The smallest absolute Gasteiger partial charge is 0.410 e. The number of piperazine rings is 1. The maximum Gasteiger partial charge on any atom is 0.410 e. The molecule has 15 heteroatoms. The number of phenolic OH excluding ortho intramolecular Hbond substituents is 1. The van der Waals surface area contributed by atoms with Gasteiger partial charge >= 0.3 is 12.1 Å². The van der Waals surface area contributed by atoms with Crippen LogP contribution in [0.25, 0.3) is 0 Å². The zero-order chi connectivity index (χ0) is 35.9. The van der Waals surface area contributed by atoms with E-state index in [0.29, 0.717) is 62.6 Å². The fourth-order valence-corrected chi connectivity index (χ4v) is 8.08. The largest absolute Gasteiger partial charge is 0.507 e. The lowest BCUT2D eigenvalue weighted by Crippen LogP contribution is -2.56. The topological polar surface area (TPSA) is 147 Å². The Morgan fingerprint density at radius 1 is 0.922 bits per heavy atom. The van der Waals surface area contributed by atoms with Gasteiger partial charge in [-0.2, -0.15) is 0 Å². The quantitative estimate of drug-likeness (QED) is 0.328. The van der Waals surface area contributed by atoms with Crippen LogP contribution in [0.2, 0.25) is 0 Å². The Morgan fingerprint density at radius 3 is 2.31 bits per heavy atom. The van der Waals surface area contributed by atoms with E-state index in [9.17, 15) is 24.3 Å². The van der Waals surface area contributed by atoms with Crippen LogP contribution in [0.5, 0.6) is 5.75 Å². The summed E-state index contributed by atoms with van der Waals surface area (Å²) in [5.74, 6) is -0.300. The number of nitrogens with zero attached hydrogens (tertiary/aromatic N) is 5. The molecule has 2 aromatic carbocycles. The van der Waals surface area contributed by atoms with Crippen molar-refractivity contribution in [3.8, 4) is 5.75 Å². The van der Waals surface area contributed by atoms with Crippen LogP contribution in [0, 0.1) is 0 Å². The molecule has 3 saturated heterocycles. The Kier molecular flexibility index (Phi) is 12.3. The number of amides is 5. The van der Waals surface area contributed by atoms with Crippen LogP contribution in [0.3, 0.4) is 0 Å². The summed E-state index contributed by atoms with van der Waals surface area (Å²) in [7, 11) is 1.43. The number of hydrogen-bond acceptors (Lipinski definition) is 9. The van der Waals surface area contributed by atoms with Crippen LogP contribution in [-0.2, 0) is 32.0 Å². The molecule has 4 aliphatic rings. The predicted molar refractivity (Wildman–Crippen MR) is 193 cm³/mol. The molecular weight excluding hydrogens is 722 g/mol. The summed E-state index contributed by atoms with van der Waals surface area (Å²) in [6.45, 7) is 6.13. The molecule has 1 atom stereocenters. The van der Waals surface area contributed by atoms with Gasteiger partial charge in [0.2, 0.25) is 0 Å². The van der Waals surface area contributed by atoms with Gasteiger partial charge in [-0.25, -0.2) is 15.1 Å². The Hall–Kier alpha value is -3.92. The van der Waals surface area contributed by atoms with E-state index in [1.54, 1.807) is 28.0 Å². The van der Waals surface area contributed by atoms with E-state index >= 15 is 0 Å². The second-order valence-corrected chi connectivity index (χ2v) is 14.6. The van der Waals surface area contributed by atoms with Gasteiger partial charge < -0.3 is 29.9 Å². The number of hydrogen-bond donors (Lipinski definition) is 3. The van der Waals surface area contributed by atoms with Gasteiger partial charge in [0.05, 0.1) is 18.1 Å². The molecule has 0 aliphatic carbocycles. The average molecular weight is 771 g/mol. The lowest BCUT2D eigenvalue weighted by molar-refractivity contribution is -0.142. The Bertz CT molecular complexity index is 1560. The van der Waals surface area contributed by atoms with Crippen molar-refractivity contribution in [2.75, 3.05) is 77.9 Å². The number of hydroxylamine groups is 1. The van der Waals surface area contributed by atoms with Crippen LogP contribution in [0.4, 0.5) is 15.3 Å². The van der Waals surface area contributed by atoms with Crippen molar-refractivity contribution in [2.24, 2.45) is 0 Å². The van der Waals surface area contributed by atoms with Gasteiger partial charge in [0.15, 0.2) is 6.10 Å². The SMILES string of the molecule is CONC(=O)CN1CCN(C2CCN(C(=O)[C@@H](Cc3ccc(O)c(Br)c3)OC(=O)N3CCC(N4CCc5ccccc5NC4=O)CC3)CC2)CC1. The third-order valence-electron chi connectivity index (χ3n) is 10.5. The summed E-state index contributed by atoms with van der Waals surface area (Å²) in [6, 6.07) is 13.1. The Labute approximate surface area is 307 Å². The number of benzene rings is 2. The first-order valence-corrected chi connectivity index (χ1v) is 18.6. The number of ether oxygens (including phenoxy) is 1. The van der Waals surface area contributed by atoms with Gasteiger partial charge in [-0.1, -0.05) is 24.3 Å². The van der Waals surface area contributed by atoms with Gasteiger partial charge in [0.25, 0.3) is 11.8 Å². The van der Waals surface area contributed by atoms with E-state index in [4.69, 9.17) is 9.57 Å². The molecule has 0 saturated carbocycles. The van der Waals surface area contributed by atoms with Gasteiger partial charge in [0, 0.05) is 83.1 Å². The lowest BCUT2D eigenvalue weighted by atomic mass is 10.0. The number of aromatic hydroxyl groups is 1. The van der Waals surface area contributed by atoms with Gasteiger partial charge in [-0.05, 0) is 77.4 Å². The van der Waals surface area contributed by atoms with Gasteiger partial charge in [-0.15, -0.1) is 0 Å². The second-order valence-electron chi connectivity index (χ2n) is 13.7. The second kappa shape index (κ2) is 17.1. The number of carbonyl (C=O) groups is 4. The minimum Gasteiger partial charge on any atom is -0.507 e. The number of carbonyl (C=O) groups excluding carboxylic acids is 4. The predicted octanol–water partition coefficient (Wildman–Crippen LogP) is 3.04. The summed E-state index contributed by atoms with van der Waals surface area (Å²) in [6.07, 6.45) is 2.22. The molecule has 6 rings (SSSR count). The van der Waals surface area contributed by atoms with Crippen molar-refractivity contribution >= 4 is 45.6 Å². The molecule has 0 radical (unpaired) electrons. The molecule has 3 fully saturated rings. The summed E-state index contributed by atoms with van der Waals surface area (Å²) in [4.78, 5) is 67.2. The highest BCUT2D eigenvalue weighted by molar-refractivity contribution is 9.10. The maximum atomic E-state index is 14.0. The van der Waals surface area contributed by atoms with Crippen molar-refractivity contribution in [1.82, 2.24) is 30.0 Å². The van der Waals surface area contributed by atoms with Crippen LogP contribution in [0.15, 0.2) is 46.9 Å². The van der Waals surface area contributed by atoms with Gasteiger partial charge in [0.1, 0.15) is 5.75 Å². The van der Waals surface area contributed by atoms with E-state index < -0.39 is 12.2 Å². The molecule has 4 aliphatic heterocycles. The molecule has 0 spiro atoms. The zero-order valence-electron chi connectivity index (χ0n) is 29.1. The summed E-state index contributed by atoms with van der Waals surface area (Å²) >= 11 is 3.36. The fourth-order valence-electron chi connectivity index (χ4n) is 7.66. The molecule has 0 unspecified atom stereocenters. The number of fused-ring (bicyclic) bond motifs is 1. The Morgan fingerprint density at radius 2 is 1.61 bits per heavy atom. The number of nitrogens with one attached hydrogen (secondary N) is 2. The Balaban J connectivity index is 1.03. The molecule has 14 nitrogen and oxygen atoms in total. The summed E-state index contributed by atoms with van der Waals surface area (Å²) in [5, 5.41) is 13.1. The number of rotatable bonds is 9. The van der Waals surface area contributed by atoms with E-state index in [1.807, 2.05) is 29.2 Å². The molecule has 276 valence electrons. The summed E-state index contributed by atoms with van der Waals surface area (Å²) in [5.41, 5.74) is 5.08. The van der Waals surface area contributed by atoms with Crippen molar-refractivity contribution in [3.63, 3.8) is 0 Å². The number of para-hydroxylation sites is 1. The van der Waals surface area contributed by atoms with Crippen LogP contribution < -0.4 is 10.8 Å². The van der Waals surface area contributed by atoms with Crippen molar-refractivity contribution in [3.05, 3.63) is 58.1 Å². The van der Waals surface area contributed by atoms with Crippen molar-refractivity contribution in [2.45, 2.75) is 56.7 Å². The first-order valence-electron chi connectivity index (χ1n) is 17.8. The molecule has 0 bridgehead atoms. The lowest BCUT2D eigenvalue weighted by Gasteiger charge is -2.43. The normalized spacial score (nSPS) is 20.3. The third kappa shape index (κ3) is 9.31. The number of halogens is 1. The van der Waals surface area contributed by atoms with Crippen LogP contribution in [-0.4, -0.2) is 144 Å². The highest BCUT2D eigenvalue weighted by Gasteiger charge is 2.36. The molecule has 3 N–H and O–H groups in total. The molecule has 51 heavy (non-hydrogen) atoms. The van der Waals surface area contributed by atoms with E-state index in [-0.39, 0.29) is 36.1 Å². The summed E-state index contributed by atoms with van der Waals surface area (Å²) < 4.78 is 6.52. The standard InChI is InChI=1S/C36H48BrN7O7/c1-50-39-33(46)24-40-18-20-41(21-19-40)27-9-13-42(14-10-27)34(47)32(23-25-6-7-31(45)29(37)22-25)51-36(49)43-15-11-28(12-16-43)44-17-8-26-4-2-3-5-30(26)38-35(44)48/h2-7,22,27-28,32,45H,8-21,23-24H2,1H3,(H,38,48)(H,39,46)/t32-/m1/s1.